The van der Waals surface area contributed by atoms with Crippen molar-refractivity contribution in [3.63, 3.8) is 0 Å². The molecule has 1 amide bonds. The van der Waals surface area contributed by atoms with E-state index in [0.29, 0.717) is 30.1 Å². The largest absolute Gasteiger partial charge is 0.361 e. The number of nitrogens with zero attached hydrogens (tertiary/aromatic N) is 3. The minimum Gasteiger partial charge on any atom is -0.361 e. The van der Waals surface area contributed by atoms with Crippen molar-refractivity contribution in [2.24, 2.45) is 0 Å². The summed E-state index contributed by atoms with van der Waals surface area (Å²) in [5, 5.41) is 15.2. The van der Waals surface area contributed by atoms with E-state index in [1.165, 1.54) is 0 Å². The molecule has 0 radical (unpaired) electrons. The zero-order valence-electron chi connectivity index (χ0n) is 12.4. The topological polar surface area (TPSA) is 73.0 Å². The summed E-state index contributed by atoms with van der Waals surface area (Å²) in [6.45, 7) is 4.59. The lowest BCUT2D eigenvalue weighted by Crippen LogP contribution is -2.28. The second-order valence-corrected chi connectivity index (χ2v) is 5.71. The summed E-state index contributed by atoms with van der Waals surface area (Å²) in [6.07, 6.45) is 1.91. The molecule has 0 aliphatic heterocycles. The van der Waals surface area contributed by atoms with Gasteiger partial charge < -0.3 is 9.84 Å². The maximum Gasteiger partial charge on any atom is 0.256 e. The van der Waals surface area contributed by atoms with E-state index in [0.717, 1.165) is 11.3 Å². The van der Waals surface area contributed by atoms with E-state index in [1.807, 2.05) is 28.4 Å². The molecule has 0 bridgehead atoms. The van der Waals surface area contributed by atoms with Crippen LogP contribution in [0.4, 0.5) is 0 Å². The van der Waals surface area contributed by atoms with Crippen LogP contribution in [0.15, 0.2) is 33.6 Å². The van der Waals surface area contributed by atoms with E-state index in [9.17, 15) is 4.79 Å². The minimum absolute atomic E-state index is 0.165. The number of hydrogen-bond donors (Lipinski definition) is 1. The summed E-state index contributed by atoms with van der Waals surface area (Å²) < 4.78 is 6.82. The molecule has 0 atom stereocenters. The molecular formula is C15H16N4O2S. The van der Waals surface area contributed by atoms with Crippen LogP contribution >= 0.6 is 11.3 Å². The molecule has 3 rings (SSSR count). The molecule has 7 heteroatoms. The number of carbonyl (C=O) groups is 1. The van der Waals surface area contributed by atoms with Crippen LogP contribution in [-0.2, 0) is 6.54 Å². The normalized spacial score (nSPS) is 10.8. The van der Waals surface area contributed by atoms with Gasteiger partial charge >= 0.3 is 0 Å². The van der Waals surface area contributed by atoms with Gasteiger partial charge in [-0.1, -0.05) is 5.16 Å². The highest BCUT2D eigenvalue weighted by atomic mass is 32.1. The van der Waals surface area contributed by atoms with E-state index in [-0.39, 0.29) is 5.91 Å². The summed E-state index contributed by atoms with van der Waals surface area (Å²) in [5.41, 5.74) is 3.18. The lowest BCUT2D eigenvalue weighted by molar-refractivity contribution is 0.0950. The van der Waals surface area contributed by atoms with Crippen molar-refractivity contribution in [2.75, 3.05) is 6.54 Å². The molecule has 22 heavy (non-hydrogen) atoms. The van der Waals surface area contributed by atoms with E-state index < -0.39 is 0 Å². The molecule has 3 aromatic heterocycles. The third kappa shape index (κ3) is 2.94. The van der Waals surface area contributed by atoms with Crippen molar-refractivity contribution in [2.45, 2.75) is 20.4 Å². The highest BCUT2D eigenvalue weighted by Crippen LogP contribution is 2.19. The molecule has 1 N–H and O–H groups in total. The SMILES string of the molecule is Cc1noc(C)c1C(=O)NCCn1ccc(-c2ccsc2)n1. The predicted octanol–water partition coefficient (Wildman–Crippen LogP) is 2.65. The molecule has 0 fully saturated rings. The van der Waals surface area contributed by atoms with Crippen molar-refractivity contribution in [3.8, 4) is 11.3 Å². The predicted molar refractivity (Wildman–Crippen MR) is 83.9 cm³/mol. The number of aromatic nitrogens is 3. The van der Waals surface area contributed by atoms with Gasteiger partial charge in [-0.15, -0.1) is 0 Å². The van der Waals surface area contributed by atoms with E-state index >= 15 is 0 Å². The molecule has 3 heterocycles. The van der Waals surface area contributed by atoms with Gasteiger partial charge in [0.05, 0.1) is 17.9 Å². The van der Waals surface area contributed by atoms with E-state index in [4.69, 9.17) is 4.52 Å². The van der Waals surface area contributed by atoms with Gasteiger partial charge in [0, 0.05) is 23.7 Å². The maximum atomic E-state index is 12.1. The Morgan fingerprint density at radius 1 is 1.41 bits per heavy atom. The summed E-state index contributed by atoms with van der Waals surface area (Å²) in [5.74, 6) is 0.371. The fourth-order valence-electron chi connectivity index (χ4n) is 2.23. The molecule has 114 valence electrons. The summed E-state index contributed by atoms with van der Waals surface area (Å²) in [7, 11) is 0. The van der Waals surface area contributed by atoms with Gasteiger partial charge in [-0.25, -0.2) is 0 Å². The first-order valence-electron chi connectivity index (χ1n) is 6.92. The Balaban J connectivity index is 1.56. The highest BCUT2D eigenvalue weighted by Gasteiger charge is 2.16. The fraction of sp³-hybridized carbons (Fsp3) is 0.267. The highest BCUT2D eigenvalue weighted by molar-refractivity contribution is 7.08. The Morgan fingerprint density at radius 3 is 2.95 bits per heavy atom. The number of rotatable bonds is 5. The Bertz CT molecular complexity index is 754. The van der Waals surface area contributed by atoms with Gasteiger partial charge in [0.2, 0.25) is 0 Å². The number of hydrogen-bond acceptors (Lipinski definition) is 5. The molecule has 0 saturated heterocycles. The first kappa shape index (κ1) is 14.5. The van der Waals surface area contributed by atoms with E-state index in [2.05, 4.69) is 21.0 Å². The monoisotopic (exact) mass is 316 g/mol. The molecule has 0 aliphatic carbocycles. The number of carbonyl (C=O) groups excluding carboxylic acids is 1. The summed E-state index contributed by atoms with van der Waals surface area (Å²) >= 11 is 1.65. The van der Waals surface area contributed by atoms with Gasteiger partial charge in [0.15, 0.2) is 0 Å². The molecule has 0 saturated carbocycles. The van der Waals surface area contributed by atoms with Crippen LogP contribution in [0.1, 0.15) is 21.8 Å². The van der Waals surface area contributed by atoms with Crippen molar-refractivity contribution in [3.05, 3.63) is 46.1 Å². The lowest BCUT2D eigenvalue weighted by atomic mass is 10.2. The smallest absolute Gasteiger partial charge is 0.256 e. The molecule has 0 spiro atoms. The minimum atomic E-state index is -0.165. The van der Waals surface area contributed by atoms with Crippen LogP contribution in [0.3, 0.4) is 0 Å². The third-order valence-corrected chi connectivity index (χ3v) is 4.03. The Labute approximate surface area is 131 Å². The maximum absolute atomic E-state index is 12.1. The molecule has 0 unspecified atom stereocenters. The lowest BCUT2D eigenvalue weighted by Gasteiger charge is -2.05. The molecule has 6 nitrogen and oxygen atoms in total. The standard InChI is InChI=1S/C15H16N4O2S/c1-10-14(11(2)21-18-10)15(20)16-5-7-19-6-3-13(17-19)12-4-8-22-9-12/h3-4,6,8-9H,5,7H2,1-2H3,(H,16,20). The number of amides is 1. The molecule has 0 aromatic carbocycles. The van der Waals surface area contributed by atoms with Crippen LogP contribution in [-0.4, -0.2) is 27.4 Å². The van der Waals surface area contributed by atoms with Crippen LogP contribution < -0.4 is 5.32 Å². The van der Waals surface area contributed by atoms with Crippen molar-refractivity contribution < 1.29 is 9.32 Å². The van der Waals surface area contributed by atoms with Gasteiger partial charge in [0.25, 0.3) is 5.91 Å². The van der Waals surface area contributed by atoms with Gasteiger partial charge in [-0.2, -0.15) is 16.4 Å². The Hall–Kier alpha value is -2.41. The van der Waals surface area contributed by atoms with Crippen LogP contribution in [0.25, 0.3) is 11.3 Å². The summed E-state index contributed by atoms with van der Waals surface area (Å²) in [4.78, 5) is 12.1. The number of aryl methyl sites for hydroxylation is 2. The molecular weight excluding hydrogens is 300 g/mol. The summed E-state index contributed by atoms with van der Waals surface area (Å²) in [6, 6.07) is 4.01. The van der Waals surface area contributed by atoms with Gasteiger partial charge in [0.1, 0.15) is 11.3 Å². The second kappa shape index (κ2) is 6.15. The zero-order chi connectivity index (χ0) is 15.5. The van der Waals surface area contributed by atoms with Gasteiger partial charge in [-0.3, -0.25) is 9.48 Å². The first-order chi connectivity index (χ1) is 10.6. The van der Waals surface area contributed by atoms with Crippen LogP contribution in [0.5, 0.6) is 0 Å². The van der Waals surface area contributed by atoms with Gasteiger partial charge in [-0.05, 0) is 31.4 Å². The Morgan fingerprint density at radius 2 is 2.27 bits per heavy atom. The first-order valence-corrected chi connectivity index (χ1v) is 7.86. The van der Waals surface area contributed by atoms with Crippen molar-refractivity contribution in [1.82, 2.24) is 20.3 Å². The van der Waals surface area contributed by atoms with Crippen molar-refractivity contribution in [1.29, 1.82) is 0 Å². The average molecular weight is 316 g/mol. The zero-order valence-corrected chi connectivity index (χ0v) is 13.2. The fourth-order valence-corrected chi connectivity index (χ4v) is 2.88. The molecule has 0 aliphatic rings. The average Bonchev–Trinajstić information content (AvgIpc) is 3.20. The Kier molecular flexibility index (Phi) is 4.06. The van der Waals surface area contributed by atoms with Crippen LogP contribution in [0, 0.1) is 13.8 Å². The second-order valence-electron chi connectivity index (χ2n) is 4.93. The quantitative estimate of drug-likeness (QED) is 0.785. The number of thiophene rings is 1. The van der Waals surface area contributed by atoms with Crippen molar-refractivity contribution >= 4 is 17.2 Å². The van der Waals surface area contributed by atoms with E-state index in [1.54, 1.807) is 25.2 Å². The molecule has 3 aromatic rings. The van der Waals surface area contributed by atoms with Crippen LogP contribution in [0.2, 0.25) is 0 Å². The third-order valence-electron chi connectivity index (χ3n) is 3.34. The number of nitrogens with one attached hydrogen (secondary N) is 1.